The Balaban J connectivity index is 2.30. The fraction of sp³-hybridized carbons (Fsp3) is 0.235. The normalized spacial score (nSPS) is 10.9. The van der Waals surface area contributed by atoms with Crippen LogP contribution in [0.4, 0.5) is 0 Å². The molecule has 22 heavy (non-hydrogen) atoms. The third kappa shape index (κ3) is 2.29. The van der Waals surface area contributed by atoms with E-state index in [1.165, 1.54) is 0 Å². The van der Waals surface area contributed by atoms with E-state index in [4.69, 9.17) is 9.47 Å². The highest BCUT2D eigenvalue weighted by atomic mass is 16.5. The van der Waals surface area contributed by atoms with Crippen molar-refractivity contribution in [3.63, 3.8) is 0 Å². The molecule has 2 aromatic heterocycles. The van der Waals surface area contributed by atoms with E-state index in [9.17, 15) is 5.11 Å². The zero-order chi connectivity index (χ0) is 15.7. The molecule has 0 fully saturated rings. The van der Waals surface area contributed by atoms with Gasteiger partial charge in [0, 0.05) is 11.8 Å². The Morgan fingerprint density at radius 3 is 2.64 bits per heavy atom. The van der Waals surface area contributed by atoms with E-state index < -0.39 is 0 Å². The van der Waals surface area contributed by atoms with Crippen LogP contribution in [-0.2, 0) is 6.61 Å². The van der Waals surface area contributed by atoms with Crippen LogP contribution in [0.15, 0.2) is 36.5 Å². The van der Waals surface area contributed by atoms with Gasteiger partial charge in [-0.2, -0.15) is 0 Å². The van der Waals surface area contributed by atoms with Crippen molar-refractivity contribution in [1.82, 2.24) is 9.38 Å². The topological polar surface area (TPSA) is 56.0 Å². The maximum absolute atomic E-state index is 9.81. The van der Waals surface area contributed by atoms with Gasteiger partial charge in [-0.3, -0.25) is 0 Å². The number of rotatable bonds is 4. The zero-order valence-electron chi connectivity index (χ0n) is 12.8. The standard InChI is InChI=1S/C17H18N2O3/c1-11-4-7-16-18-17(14(10-20)19(16)9-11)13-8-12(21-2)5-6-15(13)22-3/h4-9,20H,10H2,1-3H3. The molecule has 1 aromatic carbocycles. The van der Waals surface area contributed by atoms with Crippen LogP contribution in [0, 0.1) is 6.92 Å². The highest BCUT2D eigenvalue weighted by Gasteiger charge is 2.17. The molecule has 5 nitrogen and oxygen atoms in total. The van der Waals surface area contributed by atoms with E-state index in [0.29, 0.717) is 17.2 Å². The molecule has 2 heterocycles. The molecule has 0 saturated heterocycles. The van der Waals surface area contributed by atoms with E-state index in [1.54, 1.807) is 14.2 Å². The molecule has 0 bridgehead atoms. The fourth-order valence-corrected chi connectivity index (χ4v) is 2.57. The van der Waals surface area contributed by atoms with Crippen molar-refractivity contribution in [2.45, 2.75) is 13.5 Å². The Bertz CT molecular complexity index is 824. The van der Waals surface area contributed by atoms with Gasteiger partial charge in [-0.25, -0.2) is 4.98 Å². The number of pyridine rings is 1. The van der Waals surface area contributed by atoms with Gasteiger partial charge in [-0.1, -0.05) is 6.07 Å². The number of methoxy groups -OCH3 is 2. The van der Waals surface area contributed by atoms with Crippen LogP contribution in [0.5, 0.6) is 11.5 Å². The summed E-state index contributed by atoms with van der Waals surface area (Å²) < 4.78 is 12.6. The molecule has 0 aliphatic carbocycles. The molecule has 0 unspecified atom stereocenters. The summed E-state index contributed by atoms with van der Waals surface area (Å²) in [5.74, 6) is 1.41. The lowest BCUT2D eigenvalue weighted by atomic mass is 10.1. The van der Waals surface area contributed by atoms with Crippen molar-refractivity contribution in [1.29, 1.82) is 0 Å². The number of nitrogens with zero attached hydrogens (tertiary/aromatic N) is 2. The molecule has 114 valence electrons. The van der Waals surface area contributed by atoms with Crippen molar-refractivity contribution in [2.24, 2.45) is 0 Å². The minimum Gasteiger partial charge on any atom is -0.497 e. The van der Waals surface area contributed by atoms with Gasteiger partial charge in [-0.15, -0.1) is 0 Å². The van der Waals surface area contributed by atoms with Gasteiger partial charge in [0.25, 0.3) is 0 Å². The van der Waals surface area contributed by atoms with Crippen LogP contribution in [0.3, 0.4) is 0 Å². The smallest absolute Gasteiger partial charge is 0.137 e. The van der Waals surface area contributed by atoms with E-state index >= 15 is 0 Å². The first-order chi connectivity index (χ1) is 10.7. The molecule has 0 saturated carbocycles. The third-order valence-electron chi connectivity index (χ3n) is 3.68. The molecular weight excluding hydrogens is 280 g/mol. The summed E-state index contributed by atoms with van der Waals surface area (Å²) in [6.45, 7) is 1.90. The third-order valence-corrected chi connectivity index (χ3v) is 3.68. The molecule has 0 atom stereocenters. The molecular formula is C17H18N2O3. The second-order valence-corrected chi connectivity index (χ2v) is 5.07. The minimum absolute atomic E-state index is 0.111. The summed E-state index contributed by atoms with van der Waals surface area (Å²) in [6.07, 6.45) is 1.96. The second-order valence-electron chi connectivity index (χ2n) is 5.07. The summed E-state index contributed by atoms with van der Waals surface area (Å²) in [6, 6.07) is 9.47. The van der Waals surface area contributed by atoms with Gasteiger partial charge in [0.2, 0.25) is 0 Å². The monoisotopic (exact) mass is 298 g/mol. The van der Waals surface area contributed by atoms with Gasteiger partial charge in [0.05, 0.1) is 32.2 Å². The summed E-state index contributed by atoms with van der Waals surface area (Å²) in [5.41, 5.74) is 4.11. The van der Waals surface area contributed by atoms with Crippen LogP contribution in [0.2, 0.25) is 0 Å². The van der Waals surface area contributed by atoms with Crippen molar-refractivity contribution in [3.8, 4) is 22.8 Å². The van der Waals surface area contributed by atoms with Gasteiger partial charge < -0.3 is 19.0 Å². The second kappa shape index (κ2) is 5.69. The molecule has 3 aromatic rings. The lowest BCUT2D eigenvalue weighted by molar-refractivity contribution is 0.276. The predicted octanol–water partition coefficient (Wildman–Crippen LogP) is 2.82. The average Bonchev–Trinajstić information content (AvgIpc) is 2.91. The van der Waals surface area contributed by atoms with E-state index in [2.05, 4.69) is 4.98 Å². The van der Waals surface area contributed by atoms with Crippen molar-refractivity contribution in [3.05, 3.63) is 47.8 Å². The quantitative estimate of drug-likeness (QED) is 0.804. The number of fused-ring (bicyclic) bond motifs is 1. The number of aliphatic hydroxyl groups is 1. The van der Waals surface area contributed by atoms with Crippen LogP contribution in [-0.4, -0.2) is 28.7 Å². The highest BCUT2D eigenvalue weighted by molar-refractivity contribution is 5.73. The molecule has 3 rings (SSSR count). The Morgan fingerprint density at radius 1 is 1.14 bits per heavy atom. The van der Waals surface area contributed by atoms with Crippen LogP contribution >= 0.6 is 0 Å². The first-order valence-corrected chi connectivity index (χ1v) is 6.98. The number of aryl methyl sites for hydroxylation is 1. The number of hydrogen-bond donors (Lipinski definition) is 1. The van der Waals surface area contributed by atoms with Crippen molar-refractivity contribution in [2.75, 3.05) is 14.2 Å². The Hall–Kier alpha value is -2.53. The largest absolute Gasteiger partial charge is 0.497 e. The number of ether oxygens (including phenoxy) is 2. The van der Waals surface area contributed by atoms with Crippen LogP contribution in [0.1, 0.15) is 11.3 Å². The van der Waals surface area contributed by atoms with E-state index in [-0.39, 0.29) is 6.61 Å². The fourth-order valence-electron chi connectivity index (χ4n) is 2.57. The SMILES string of the molecule is COc1ccc(OC)c(-c2nc3ccc(C)cn3c2CO)c1. The maximum atomic E-state index is 9.81. The maximum Gasteiger partial charge on any atom is 0.137 e. The number of hydrogen-bond acceptors (Lipinski definition) is 4. The molecule has 0 aliphatic heterocycles. The number of benzene rings is 1. The molecule has 0 amide bonds. The zero-order valence-corrected chi connectivity index (χ0v) is 12.8. The Kier molecular flexibility index (Phi) is 3.73. The summed E-state index contributed by atoms with van der Waals surface area (Å²) >= 11 is 0. The molecule has 5 heteroatoms. The van der Waals surface area contributed by atoms with Gasteiger partial charge in [0.1, 0.15) is 17.1 Å². The number of aromatic nitrogens is 2. The first kappa shape index (κ1) is 14.4. The lowest BCUT2D eigenvalue weighted by Gasteiger charge is -2.10. The van der Waals surface area contributed by atoms with E-state index in [0.717, 1.165) is 22.5 Å². The Morgan fingerprint density at radius 2 is 1.95 bits per heavy atom. The summed E-state index contributed by atoms with van der Waals surface area (Å²) in [7, 11) is 3.23. The lowest BCUT2D eigenvalue weighted by Crippen LogP contribution is -1.96. The highest BCUT2D eigenvalue weighted by Crippen LogP contribution is 2.35. The van der Waals surface area contributed by atoms with E-state index in [1.807, 2.05) is 47.9 Å². The number of aliphatic hydroxyl groups excluding tert-OH is 1. The molecule has 0 radical (unpaired) electrons. The molecule has 0 spiro atoms. The van der Waals surface area contributed by atoms with Crippen molar-refractivity contribution >= 4 is 5.65 Å². The van der Waals surface area contributed by atoms with Gasteiger partial charge in [0.15, 0.2) is 0 Å². The summed E-state index contributed by atoms with van der Waals surface area (Å²) in [5, 5.41) is 9.81. The summed E-state index contributed by atoms with van der Waals surface area (Å²) in [4.78, 5) is 4.65. The predicted molar refractivity (Wildman–Crippen MR) is 84.4 cm³/mol. The minimum atomic E-state index is -0.111. The molecule has 0 aliphatic rings. The average molecular weight is 298 g/mol. The van der Waals surface area contributed by atoms with Crippen LogP contribution in [0.25, 0.3) is 16.9 Å². The molecule has 1 N–H and O–H groups in total. The first-order valence-electron chi connectivity index (χ1n) is 6.98. The van der Waals surface area contributed by atoms with Gasteiger partial charge >= 0.3 is 0 Å². The number of imidazole rings is 1. The van der Waals surface area contributed by atoms with Crippen molar-refractivity contribution < 1.29 is 14.6 Å². The Labute approximate surface area is 128 Å². The van der Waals surface area contributed by atoms with Gasteiger partial charge in [-0.05, 0) is 36.8 Å². The van der Waals surface area contributed by atoms with Crippen LogP contribution < -0.4 is 9.47 Å².